The number of hydrogen-bond acceptors (Lipinski definition) is 7. The third-order valence-electron chi connectivity index (χ3n) is 3.28. The molecule has 0 saturated carbocycles. The SMILES string of the molecule is Cc1nc(NC(=O)NNC(=O)CN2CCOc3ccc(Cl)cc32)no1. The molecule has 0 bridgehead atoms. The van der Waals surface area contributed by atoms with Gasteiger partial charge in [0.05, 0.1) is 18.8 Å². The molecule has 10 nitrogen and oxygen atoms in total. The van der Waals surface area contributed by atoms with Gasteiger partial charge in [0, 0.05) is 11.9 Å². The fraction of sp³-hybridized carbons (Fsp3) is 0.286. The zero-order valence-electron chi connectivity index (χ0n) is 13.2. The number of carbonyl (C=O) groups is 2. The Morgan fingerprint density at radius 2 is 2.20 bits per heavy atom. The van der Waals surface area contributed by atoms with Crippen molar-refractivity contribution < 1.29 is 18.8 Å². The van der Waals surface area contributed by atoms with Crippen molar-refractivity contribution in [3.05, 3.63) is 29.1 Å². The van der Waals surface area contributed by atoms with Crippen LogP contribution in [-0.2, 0) is 4.79 Å². The van der Waals surface area contributed by atoms with Crippen LogP contribution in [0.2, 0.25) is 5.02 Å². The molecule has 3 rings (SSSR count). The highest BCUT2D eigenvalue weighted by atomic mass is 35.5. The molecule has 1 aromatic carbocycles. The van der Waals surface area contributed by atoms with Crippen LogP contribution in [0.5, 0.6) is 5.75 Å². The molecule has 2 heterocycles. The number of anilines is 2. The third kappa shape index (κ3) is 4.29. The van der Waals surface area contributed by atoms with Crippen molar-refractivity contribution in [3.63, 3.8) is 0 Å². The lowest BCUT2D eigenvalue weighted by molar-refractivity contribution is -0.120. The van der Waals surface area contributed by atoms with Gasteiger partial charge in [0.15, 0.2) is 0 Å². The summed E-state index contributed by atoms with van der Waals surface area (Å²) in [5.74, 6) is 0.555. The summed E-state index contributed by atoms with van der Waals surface area (Å²) in [5, 5.41) is 6.36. The van der Waals surface area contributed by atoms with E-state index in [1.54, 1.807) is 25.1 Å². The topological polar surface area (TPSA) is 122 Å². The number of carbonyl (C=O) groups excluding carboxylic acids is 2. The number of hydrazine groups is 1. The number of rotatable bonds is 3. The van der Waals surface area contributed by atoms with Crippen LogP contribution >= 0.6 is 11.6 Å². The summed E-state index contributed by atoms with van der Waals surface area (Å²) in [5.41, 5.74) is 5.23. The van der Waals surface area contributed by atoms with Crippen molar-refractivity contribution in [2.75, 3.05) is 29.9 Å². The van der Waals surface area contributed by atoms with E-state index in [9.17, 15) is 9.59 Å². The Balaban J connectivity index is 1.51. The van der Waals surface area contributed by atoms with Crippen molar-refractivity contribution in [2.45, 2.75) is 6.92 Å². The number of urea groups is 1. The highest BCUT2D eigenvalue weighted by Crippen LogP contribution is 2.33. The molecule has 0 atom stereocenters. The van der Waals surface area contributed by atoms with Crippen LogP contribution in [0.25, 0.3) is 0 Å². The van der Waals surface area contributed by atoms with Crippen molar-refractivity contribution in [1.82, 2.24) is 21.0 Å². The molecule has 0 radical (unpaired) electrons. The molecule has 3 N–H and O–H groups in total. The van der Waals surface area contributed by atoms with E-state index in [1.165, 1.54) is 0 Å². The van der Waals surface area contributed by atoms with E-state index in [1.807, 2.05) is 4.90 Å². The molecule has 1 aliphatic rings. The minimum atomic E-state index is -0.695. The van der Waals surface area contributed by atoms with Crippen LogP contribution in [0.4, 0.5) is 16.4 Å². The minimum absolute atomic E-state index is 0.000924. The maximum Gasteiger partial charge on any atom is 0.340 e. The second-order valence-electron chi connectivity index (χ2n) is 5.15. The van der Waals surface area contributed by atoms with E-state index in [0.717, 1.165) is 5.69 Å². The first-order valence-corrected chi connectivity index (χ1v) is 7.72. The summed E-state index contributed by atoms with van der Waals surface area (Å²) in [4.78, 5) is 29.3. The maximum atomic E-state index is 12.0. The van der Waals surface area contributed by atoms with Crippen LogP contribution in [0, 0.1) is 6.92 Å². The molecule has 0 saturated heterocycles. The van der Waals surface area contributed by atoms with Crippen molar-refractivity contribution >= 4 is 35.2 Å². The molecule has 2 aromatic rings. The number of fused-ring (bicyclic) bond motifs is 1. The van der Waals surface area contributed by atoms with E-state index in [-0.39, 0.29) is 12.5 Å². The van der Waals surface area contributed by atoms with Crippen LogP contribution in [0.3, 0.4) is 0 Å². The highest BCUT2D eigenvalue weighted by molar-refractivity contribution is 6.31. The Morgan fingerprint density at radius 3 is 2.96 bits per heavy atom. The number of amides is 3. The molecule has 0 unspecified atom stereocenters. The number of nitrogens with one attached hydrogen (secondary N) is 3. The van der Waals surface area contributed by atoms with E-state index in [0.29, 0.717) is 29.8 Å². The molecule has 1 aliphatic heterocycles. The van der Waals surface area contributed by atoms with Crippen molar-refractivity contribution in [3.8, 4) is 5.75 Å². The lowest BCUT2D eigenvalue weighted by atomic mass is 10.2. The van der Waals surface area contributed by atoms with E-state index < -0.39 is 11.9 Å². The summed E-state index contributed by atoms with van der Waals surface area (Å²) >= 11 is 5.99. The first kappa shape index (κ1) is 16.8. The molecule has 1 aromatic heterocycles. The van der Waals surface area contributed by atoms with E-state index in [2.05, 4.69) is 26.3 Å². The average Bonchev–Trinajstić information content (AvgIpc) is 2.98. The Morgan fingerprint density at radius 1 is 1.36 bits per heavy atom. The normalized spacial score (nSPS) is 12.8. The maximum absolute atomic E-state index is 12.0. The van der Waals surface area contributed by atoms with E-state index in [4.69, 9.17) is 20.9 Å². The number of ether oxygens (including phenoxy) is 1. The number of hydrogen-bond donors (Lipinski definition) is 3. The van der Waals surface area contributed by atoms with Gasteiger partial charge in [-0.2, -0.15) is 4.98 Å². The summed E-state index contributed by atoms with van der Waals surface area (Å²) in [6.45, 7) is 2.59. The van der Waals surface area contributed by atoms with Gasteiger partial charge in [-0.3, -0.25) is 15.5 Å². The second-order valence-corrected chi connectivity index (χ2v) is 5.58. The Hall–Kier alpha value is -3.01. The lowest BCUT2D eigenvalue weighted by Gasteiger charge is -2.30. The lowest BCUT2D eigenvalue weighted by Crippen LogP contribution is -2.49. The van der Waals surface area contributed by atoms with Gasteiger partial charge in [-0.25, -0.2) is 10.2 Å². The van der Waals surface area contributed by atoms with Gasteiger partial charge in [0.2, 0.25) is 5.89 Å². The molecule has 3 amide bonds. The van der Waals surface area contributed by atoms with E-state index >= 15 is 0 Å². The average molecular weight is 367 g/mol. The molecule has 11 heteroatoms. The number of halogens is 1. The molecule has 0 spiro atoms. The number of nitrogens with zero attached hydrogens (tertiary/aromatic N) is 3. The largest absolute Gasteiger partial charge is 0.490 e. The first-order valence-electron chi connectivity index (χ1n) is 7.35. The van der Waals surface area contributed by atoms with Crippen LogP contribution < -0.4 is 25.8 Å². The number of benzene rings is 1. The van der Waals surface area contributed by atoms with Gasteiger partial charge in [-0.15, -0.1) is 0 Å². The zero-order chi connectivity index (χ0) is 17.8. The highest BCUT2D eigenvalue weighted by Gasteiger charge is 2.21. The predicted molar refractivity (Wildman–Crippen MR) is 88.5 cm³/mol. The molecular weight excluding hydrogens is 352 g/mol. The fourth-order valence-corrected chi connectivity index (χ4v) is 2.40. The minimum Gasteiger partial charge on any atom is -0.490 e. The van der Waals surface area contributed by atoms with Gasteiger partial charge in [0.25, 0.3) is 11.9 Å². The number of aromatic nitrogens is 2. The molecular formula is C14H15ClN6O4. The molecule has 0 fully saturated rings. The Kier molecular flexibility index (Phi) is 4.89. The molecule has 25 heavy (non-hydrogen) atoms. The fourth-order valence-electron chi connectivity index (χ4n) is 2.23. The second kappa shape index (κ2) is 7.26. The summed E-state index contributed by atoms with van der Waals surface area (Å²) in [6, 6.07) is 4.50. The Bertz CT molecular complexity index is 795. The summed E-state index contributed by atoms with van der Waals surface area (Å²) < 4.78 is 10.2. The van der Waals surface area contributed by atoms with Gasteiger partial charge in [-0.1, -0.05) is 11.6 Å². The van der Waals surface area contributed by atoms with Gasteiger partial charge in [-0.05, 0) is 23.4 Å². The van der Waals surface area contributed by atoms with Crippen LogP contribution in [-0.4, -0.2) is 41.8 Å². The van der Waals surface area contributed by atoms with Gasteiger partial charge in [0.1, 0.15) is 12.4 Å². The zero-order valence-corrected chi connectivity index (χ0v) is 14.0. The monoisotopic (exact) mass is 366 g/mol. The van der Waals surface area contributed by atoms with Crippen LogP contribution in [0.1, 0.15) is 5.89 Å². The van der Waals surface area contributed by atoms with Crippen LogP contribution in [0.15, 0.2) is 22.7 Å². The predicted octanol–water partition coefficient (Wildman–Crippen LogP) is 1.08. The quantitative estimate of drug-likeness (QED) is 0.695. The summed E-state index contributed by atoms with van der Waals surface area (Å²) in [6.07, 6.45) is 0. The van der Waals surface area contributed by atoms with Gasteiger partial charge < -0.3 is 14.2 Å². The smallest absolute Gasteiger partial charge is 0.340 e. The number of aryl methyl sites for hydroxylation is 1. The molecule has 132 valence electrons. The summed E-state index contributed by atoms with van der Waals surface area (Å²) in [7, 11) is 0. The molecule has 0 aliphatic carbocycles. The van der Waals surface area contributed by atoms with Crippen molar-refractivity contribution in [1.29, 1.82) is 0 Å². The van der Waals surface area contributed by atoms with Crippen molar-refractivity contribution in [2.24, 2.45) is 0 Å². The first-order chi connectivity index (χ1) is 12.0. The third-order valence-corrected chi connectivity index (χ3v) is 3.52. The Labute approximate surface area is 147 Å². The van der Waals surface area contributed by atoms with Gasteiger partial charge >= 0.3 is 6.03 Å². The standard InChI is InChI=1S/C14H15ClN6O4/c1-8-16-13(20-25-8)17-14(23)19-18-12(22)7-21-4-5-24-11-3-2-9(15)6-10(11)21/h2-3,6H,4-5,7H2,1H3,(H,18,22)(H2,17,19,20,23).